The van der Waals surface area contributed by atoms with Crippen molar-refractivity contribution in [1.29, 1.82) is 0 Å². The second-order valence-electron chi connectivity index (χ2n) is 4.35. The van der Waals surface area contributed by atoms with E-state index in [1.807, 2.05) is 30.3 Å². The molecule has 1 aromatic rings. The van der Waals surface area contributed by atoms with E-state index in [-0.39, 0.29) is 6.61 Å². The van der Waals surface area contributed by atoms with Crippen molar-refractivity contribution in [2.45, 2.75) is 25.4 Å². The number of allylic oxidation sites excluding steroid dienone is 1. The Morgan fingerprint density at radius 3 is 2.38 bits per heavy atom. The lowest BCUT2D eigenvalue weighted by atomic mass is 10.2. The number of alkyl halides is 3. The van der Waals surface area contributed by atoms with Crippen molar-refractivity contribution in [1.82, 2.24) is 0 Å². The third-order valence-electron chi connectivity index (χ3n) is 2.60. The zero-order chi connectivity index (χ0) is 15.6. The maximum Gasteiger partial charge on any atom is 0.426 e. The quantitative estimate of drug-likeness (QED) is 0.600. The molecule has 0 heterocycles. The first-order valence-corrected chi connectivity index (χ1v) is 7.06. The van der Waals surface area contributed by atoms with Gasteiger partial charge in [0.2, 0.25) is 0 Å². The van der Waals surface area contributed by atoms with Crippen molar-refractivity contribution in [3.05, 3.63) is 41.4 Å². The predicted octanol–water partition coefficient (Wildman–Crippen LogP) is 4.94. The fourth-order valence-corrected chi connectivity index (χ4v) is 1.58. The van der Waals surface area contributed by atoms with Gasteiger partial charge in [-0.25, -0.2) is 0 Å². The minimum absolute atomic E-state index is 0.126. The smallest absolute Gasteiger partial charge is 0.426 e. The number of unbranched alkanes of at least 4 members (excludes halogenated alkanes) is 2. The second-order valence-corrected chi connectivity index (χ2v) is 4.75. The van der Waals surface area contributed by atoms with Gasteiger partial charge < -0.3 is 9.47 Å². The van der Waals surface area contributed by atoms with E-state index in [2.05, 4.69) is 0 Å². The van der Waals surface area contributed by atoms with E-state index in [0.717, 1.165) is 31.1 Å². The van der Waals surface area contributed by atoms with Gasteiger partial charge in [-0.05, 0) is 37.5 Å². The summed E-state index contributed by atoms with van der Waals surface area (Å²) >= 11 is 5.04. The summed E-state index contributed by atoms with van der Waals surface area (Å²) in [5.41, 5.74) is 0. The molecule has 2 nitrogen and oxygen atoms in total. The van der Waals surface area contributed by atoms with Crippen molar-refractivity contribution in [3.63, 3.8) is 0 Å². The van der Waals surface area contributed by atoms with Gasteiger partial charge in [-0.1, -0.05) is 29.8 Å². The molecular weight excluding hydrogens is 305 g/mol. The van der Waals surface area contributed by atoms with E-state index in [0.29, 0.717) is 13.2 Å². The Hall–Kier alpha value is -1.20. The van der Waals surface area contributed by atoms with E-state index in [1.165, 1.54) is 0 Å². The van der Waals surface area contributed by atoms with Gasteiger partial charge >= 0.3 is 6.18 Å². The molecule has 0 N–H and O–H groups in total. The van der Waals surface area contributed by atoms with E-state index in [4.69, 9.17) is 21.1 Å². The fourth-order valence-electron chi connectivity index (χ4n) is 1.52. The molecule has 0 saturated carbocycles. The number of para-hydroxylation sites is 1. The first-order chi connectivity index (χ1) is 10.00. The van der Waals surface area contributed by atoms with Gasteiger partial charge in [-0.15, -0.1) is 0 Å². The van der Waals surface area contributed by atoms with Gasteiger partial charge in [0.05, 0.1) is 13.2 Å². The number of rotatable bonds is 9. The summed E-state index contributed by atoms with van der Waals surface area (Å²) in [6.07, 6.45) is -1.11. The summed E-state index contributed by atoms with van der Waals surface area (Å²) in [6, 6.07) is 9.51. The van der Waals surface area contributed by atoms with Gasteiger partial charge in [0.1, 0.15) is 10.8 Å². The Labute approximate surface area is 127 Å². The topological polar surface area (TPSA) is 18.5 Å². The van der Waals surface area contributed by atoms with Crippen LogP contribution in [-0.2, 0) is 4.74 Å². The second kappa shape index (κ2) is 9.68. The summed E-state index contributed by atoms with van der Waals surface area (Å²) in [6.45, 7) is 0.895. The molecule has 0 radical (unpaired) electrons. The van der Waals surface area contributed by atoms with Crippen molar-refractivity contribution >= 4 is 11.6 Å². The van der Waals surface area contributed by atoms with Crippen molar-refractivity contribution < 1.29 is 22.6 Å². The van der Waals surface area contributed by atoms with Crippen LogP contribution in [0.4, 0.5) is 13.2 Å². The van der Waals surface area contributed by atoms with Crippen LogP contribution in [0.3, 0.4) is 0 Å². The Bertz CT molecular complexity index is 419. The van der Waals surface area contributed by atoms with Gasteiger partial charge in [0.25, 0.3) is 0 Å². The average Bonchev–Trinajstić information content (AvgIpc) is 2.45. The molecule has 1 aromatic carbocycles. The highest BCUT2D eigenvalue weighted by atomic mass is 35.5. The highest BCUT2D eigenvalue weighted by Crippen LogP contribution is 2.28. The molecule has 21 heavy (non-hydrogen) atoms. The number of halogens is 4. The molecule has 0 saturated heterocycles. The Balaban J connectivity index is 1.96. The Kier molecular flexibility index (Phi) is 8.23. The number of ether oxygens (including phenoxy) is 2. The van der Waals surface area contributed by atoms with Crippen LogP contribution < -0.4 is 4.74 Å². The number of hydrogen-bond donors (Lipinski definition) is 0. The molecule has 118 valence electrons. The normalized spacial score (nSPS) is 12.5. The number of hydrogen-bond acceptors (Lipinski definition) is 2. The molecule has 0 fully saturated rings. The molecule has 0 unspecified atom stereocenters. The minimum atomic E-state index is -4.49. The summed E-state index contributed by atoms with van der Waals surface area (Å²) in [5, 5.41) is -1.14. The molecule has 0 aliphatic heterocycles. The van der Waals surface area contributed by atoms with E-state index < -0.39 is 11.2 Å². The van der Waals surface area contributed by atoms with E-state index in [9.17, 15) is 13.2 Å². The Morgan fingerprint density at radius 1 is 1.05 bits per heavy atom. The van der Waals surface area contributed by atoms with Gasteiger partial charge in [-0.3, -0.25) is 0 Å². The highest BCUT2D eigenvalue weighted by molar-refractivity contribution is 6.30. The third kappa shape index (κ3) is 8.63. The SMILES string of the molecule is FC(F)(F)/C(Cl)=C/COCCCCCOc1ccccc1. The Morgan fingerprint density at radius 2 is 1.71 bits per heavy atom. The molecule has 0 atom stereocenters. The highest BCUT2D eigenvalue weighted by Gasteiger charge is 2.31. The van der Waals surface area contributed by atoms with E-state index in [1.54, 1.807) is 0 Å². The first kappa shape index (κ1) is 17.9. The van der Waals surface area contributed by atoms with Crippen molar-refractivity contribution in [2.75, 3.05) is 19.8 Å². The van der Waals surface area contributed by atoms with Crippen molar-refractivity contribution in [2.24, 2.45) is 0 Å². The minimum Gasteiger partial charge on any atom is -0.494 e. The summed E-state index contributed by atoms with van der Waals surface area (Å²) < 4.78 is 46.7. The van der Waals surface area contributed by atoms with Gasteiger partial charge in [-0.2, -0.15) is 13.2 Å². The largest absolute Gasteiger partial charge is 0.494 e. The molecule has 0 bridgehead atoms. The zero-order valence-electron chi connectivity index (χ0n) is 11.5. The van der Waals surface area contributed by atoms with Crippen LogP contribution in [0.2, 0.25) is 0 Å². The maximum atomic E-state index is 12.0. The van der Waals surface area contributed by atoms with Gasteiger partial charge in [0.15, 0.2) is 0 Å². The molecule has 0 spiro atoms. The van der Waals surface area contributed by atoms with Crippen LogP contribution in [0, 0.1) is 0 Å². The molecule has 6 heteroatoms. The lowest BCUT2D eigenvalue weighted by molar-refractivity contribution is -0.0850. The molecule has 0 aromatic heterocycles. The molecule has 0 aliphatic carbocycles. The van der Waals surface area contributed by atoms with Crippen LogP contribution in [0.15, 0.2) is 41.4 Å². The fraction of sp³-hybridized carbons (Fsp3) is 0.467. The summed E-state index contributed by atoms with van der Waals surface area (Å²) in [5.74, 6) is 0.834. The molecule has 0 aliphatic rings. The maximum absolute atomic E-state index is 12.0. The van der Waals surface area contributed by atoms with Crippen LogP contribution in [0.25, 0.3) is 0 Å². The van der Waals surface area contributed by atoms with Crippen molar-refractivity contribution in [3.8, 4) is 5.75 Å². The van der Waals surface area contributed by atoms with Crippen LogP contribution >= 0.6 is 11.6 Å². The molecular formula is C15H18ClF3O2. The predicted molar refractivity (Wildman–Crippen MR) is 76.6 cm³/mol. The summed E-state index contributed by atoms with van der Waals surface area (Å²) in [4.78, 5) is 0. The number of benzene rings is 1. The standard InChI is InChI=1S/C15H18ClF3O2/c16-14(15(17,18)19)9-12-20-10-5-2-6-11-21-13-7-3-1-4-8-13/h1,3-4,7-9H,2,5-6,10-12H2/b14-9-. The first-order valence-electron chi connectivity index (χ1n) is 6.68. The van der Waals surface area contributed by atoms with Crippen LogP contribution in [0.5, 0.6) is 5.75 Å². The van der Waals surface area contributed by atoms with E-state index >= 15 is 0 Å². The van der Waals surface area contributed by atoms with Crippen LogP contribution in [-0.4, -0.2) is 26.0 Å². The summed E-state index contributed by atoms with van der Waals surface area (Å²) in [7, 11) is 0. The zero-order valence-corrected chi connectivity index (χ0v) is 12.3. The average molecular weight is 323 g/mol. The monoisotopic (exact) mass is 322 g/mol. The molecule has 1 rings (SSSR count). The van der Waals surface area contributed by atoms with Crippen LogP contribution in [0.1, 0.15) is 19.3 Å². The van der Waals surface area contributed by atoms with Gasteiger partial charge in [0, 0.05) is 6.61 Å². The lowest BCUT2D eigenvalue weighted by Crippen LogP contribution is -2.08. The third-order valence-corrected chi connectivity index (χ3v) is 2.96. The molecule has 0 amide bonds. The lowest BCUT2D eigenvalue weighted by Gasteiger charge is -2.06.